The fourth-order valence-corrected chi connectivity index (χ4v) is 1.76. The second-order valence-electron chi connectivity index (χ2n) is 2.92. The monoisotopic (exact) mass is 291 g/mol. The highest BCUT2D eigenvalue weighted by Gasteiger charge is 2.24. The number of phosphoric ester groups is 2. The van der Waals surface area contributed by atoms with Crippen molar-refractivity contribution in [2.75, 3.05) is 19.8 Å². The van der Waals surface area contributed by atoms with Crippen LogP contribution >= 0.6 is 15.6 Å². The Morgan fingerprint density at radius 2 is 1.76 bits per heavy atom. The molecular weight excluding hydrogens is 276 g/mol. The van der Waals surface area contributed by atoms with Crippen molar-refractivity contribution < 1.29 is 37.4 Å². The van der Waals surface area contributed by atoms with Crippen LogP contribution in [0.15, 0.2) is 12.8 Å². The summed E-state index contributed by atoms with van der Waals surface area (Å²) in [5.41, 5.74) is 5.26. The van der Waals surface area contributed by atoms with Crippen molar-refractivity contribution in [2.24, 2.45) is 11.7 Å². The molecule has 2 atom stereocenters. The maximum Gasteiger partial charge on any atom is 0.526 e. The van der Waals surface area contributed by atoms with Crippen LogP contribution < -0.4 is 5.73 Å². The summed E-state index contributed by atoms with van der Waals surface area (Å²) in [7, 11) is -8.85. The van der Waals surface area contributed by atoms with E-state index in [1.165, 1.54) is 0 Å². The van der Waals surface area contributed by atoms with Gasteiger partial charge in [-0.2, -0.15) is 0 Å². The molecule has 2 unspecified atom stereocenters. The molecule has 0 aliphatic rings. The van der Waals surface area contributed by atoms with Gasteiger partial charge in [-0.1, -0.05) is 6.58 Å². The Morgan fingerprint density at radius 1 is 1.24 bits per heavy atom. The maximum absolute atomic E-state index is 11.0. The van der Waals surface area contributed by atoms with Crippen molar-refractivity contribution in [3.8, 4) is 0 Å². The first kappa shape index (κ1) is 16.8. The largest absolute Gasteiger partial charge is 0.526 e. The van der Waals surface area contributed by atoms with Crippen molar-refractivity contribution in [3.05, 3.63) is 12.8 Å². The highest BCUT2D eigenvalue weighted by Crippen LogP contribution is 2.44. The topological polar surface area (TPSA) is 149 Å². The molecule has 0 amide bonds. The molecule has 0 saturated carbocycles. The molecule has 5 N–H and O–H groups in total. The van der Waals surface area contributed by atoms with Gasteiger partial charge in [-0.05, 0) is 6.54 Å². The predicted octanol–water partition coefficient (Wildman–Crippen LogP) is -0.0523. The summed E-state index contributed by atoms with van der Waals surface area (Å²) in [4.78, 5) is 25.9. The Kier molecular flexibility index (Phi) is 7.15. The minimum atomic E-state index is -4.60. The van der Waals surface area contributed by atoms with E-state index in [4.69, 9.17) is 20.4 Å². The molecule has 0 heterocycles. The first-order chi connectivity index (χ1) is 7.70. The van der Waals surface area contributed by atoms with Crippen LogP contribution in [-0.2, 0) is 22.7 Å². The molecule has 9 nitrogen and oxygen atoms in total. The average molecular weight is 291 g/mol. The van der Waals surface area contributed by atoms with Crippen molar-refractivity contribution in [1.29, 1.82) is 0 Å². The third-order valence-electron chi connectivity index (χ3n) is 1.49. The van der Waals surface area contributed by atoms with Crippen LogP contribution in [0.2, 0.25) is 0 Å². The number of nitrogens with two attached hydrogens (primary N) is 1. The Labute approximate surface area is 98.0 Å². The summed E-state index contributed by atoms with van der Waals surface area (Å²) in [6, 6.07) is 0. The molecule has 0 fully saturated rings. The van der Waals surface area contributed by atoms with Gasteiger partial charge in [0.15, 0.2) is 0 Å². The van der Waals surface area contributed by atoms with E-state index in [-0.39, 0.29) is 13.2 Å². The SMILES string of the molecule is C=COP(=O)(O)OCC(CN)COP(=O)(O)O. The van der Waals surface area contributed by atoms with Crippen LogP contribution in [-0.4, -0.2) is 34.4 Å². The lowest BCUT2D eigenvalue weighted by Crippen LogP contribution is -2.24. The molecule has 0 aromatic carbocycles. The molecule has 0 aromatic heterocycles. The fourth-order valence-electron chi connectivity index (χ4n) is 0.711. The predicted molar refractivity (Wildman–Crippen MR) is 57.6 cm³/mol. The van der Waals surface area contributed by atoms with E-state index >= 15 is 0 Å². The molecule has 0 saturated heterocycles. The van der Waals surface area contributed by atoms with Gasteiger partial charge in [-0.3, -0.25) is 13.9 Å². The molecule has 17 heavy (non-hydrogen) atoms. The fraction of sp³-hybridized carbons (Fsp3) is 0.667. The summed E-state index contributed by atoms with van der Waals surface area (Å²) in [6.45, 7) is 2.27. The highest BCUT2D eigenvalue weighted by molar-refractivity contribution is 7.47. The lowest BCUT2D eigenvalue weighted by molar-refractivity contribution is 0.119. The van der Waals surface area contributed by atoms with Crippen LogP contribution in [0.1, 0.15) is 0 Å². The summed E-state index contributed by atoms with van der Waals surface area (Å²) >= 11 is 0. The van der Waals surface area contributed by atoms with Crippen LogP contribution in [0.4, 0.5) is 0 Å². The molecule has 0 spiro atoms. The van der Waals surface area contributed by atoms with Crippen molar-refractivity contribution in [1.82, 2.24) is 0 Å². The number of hydrogen-bond acceptors (Lipinski definition) is 6. The van der Waals surface area contributed by atoms with Gasteiger partial charge in [0.05, 0.1) is 19.5 Å². The molecule has 0 rings (SSSR count). The third-order valence-corrected chi connectivity index (χ3v) is 2.87. The molecule has 102 valence electrons. The number of phosphoric acid groups is 2. The van der Waals surface area contributed by atoms with Gasteiger partial charge in [-0.15, -0.1) is 0 Å². The second-order valence-corrected chi connectivity index (χ2v) is 5.57. The van der Waals surface area contributed by atoms with Gasteiger partial charge in [0.2, 0.25) is 0 Å². The smallest absolute Gasteiger partial charge is 0.413 e. The summed E-state index contributed by atoms with van der Waals surface area (Å²) < 4.78 is 34.3. The Bertz CT molecular complexity index is 328. The number of hydrogen-bond donors (Lipinski definition) is 4. The standard InChI is InChI=1S/C6H15NO8P2/c1-2-13-17(11,12)15-5-6(3-7)4-14-16(8,9)10/h2,6H,1,3-5,7H2,(H,11,12)(H2,8,9,10). The van der Waals surface area contributed by atoms with Gasteiger partial charge >= 0.3 is 15.6 Å². The van der Waals surface area contributed by atoms with Gasteiger partial charge in [0.25, 0.3) is 0 Å². The van der Waals surface area contributed by atoms with Crippen molar-refractivity contribution in [2.45, 2.75) is 0 Å². The Hall–Kier alpha value is -0.240. The van der Waals surface area contributed by atoms with Crippen LogP contribution in [0, 0.1) is 5.92 Å². The minimum Gasteiger partial charge on any atom is -0.413 e. The molecule has 0 aliphatic heterocycles. The maximum atomic E-state index is 11.0. The van der Waals surface area contributed by atoms with E-state index in [1.807, 2.05) is 0 Å². The summed E-state index contributed by atoms with van der Waals surface area (Å²) in [5.74, 6) is -0.656. The van der Waals surface area contributed by atoms with E-state index in [0.717, 1.165) is 6.26 Å². The molecule has 0 aliphatic carbocycles. The van der Waals surface area contributed by atoms with E-state index in [0.29, 0.717) is 0 Å². The summed E-state index contributed by atoms with van der Waals surface area (Å²) in [5, 5.41) is 0. The second kappa shape index (κ2) is 7.25. The molecule has 0 aromatic rings. The van der Waals surface area contributed by atoms with Gasteiger partial charge in [-0.25, -0.2) is 9.13 Å². The molecule has 0 radical (unpaired) electrons. The van der Waals surface area contributed by atoms with Crippen LogP contribution in [0.25, 0.3) is 0 Å². The first-order valence-corrected chi connectivity index (χ1v) is 7.39. The van der Waals surface area contributed by atoms with E-state index in [2.05, 4.69) is 20.2 Å². The zero-order valence-corrected chi connectivity index (χ0v) is 10.6. The van der Waals surface area contributed by atoms with Crippen molar-refractivity contribution >= 4 is 15.6 Å². The zero-order valence-electron chi connectivity index (χ0n) is 8.84. The molecule has 11 heteroatoms. The molecule has 0 bridgehead atoms. The zero-order chi connectivity index (χ0) is 13.5. The quantitative estimate of drug-likeness (QED) is 0.338. The van der Waals surface area contributed by atoms with Gasteiger partial charge in [0.1, 0.15) is 0 Å². The lowest BCUT2D eigenvalue weighted by Gasteiger charge is -2.17. The highest BCUT2D eigenvalue weighted by atomic mass is 31.2. The van der Waals surface area contributed by atoms with Gasteiger partial charge in [0, 0.05) is 5.92 Å². The molecular formula is C6H15NO8P2. The minimum absolute atomic E-state index is 0.0475. The van der Waals surface area contributed by atoms with Crippen LogP contribution in [0.5, 0.6) is 0 Å². The van der Waals surface area contributed by atoms with E-state index in [9.17, 15) is 9.13 Å². The van der Waals surface area contributed by atoms with Crippen LogP contribution in [0.3, 0.4) is 0 Å². The van der Waals surface area contributed by atoms with E-state index in [1.54, 1.807) is 0 Å². The normalized spacial score (nSPS) is 17.2. The van der Waals surface area contributed by atoms with Crippen molar-refractivity contribution in [3.63, 3.8) is 0 Å². The third kappa shape index (κ3) is 9.46. The van der Waals surface area contributed by atoms with E-state index < -0.39 is 28.2 Å². The summed E-state index contributed by atoms with van der Waals surface area (Å²) in [6.07, 6.45) is 0.740. The number of rotatable bonds is 9. The lowest BCUT2D eigenvalue weighted by atomic mass is 10.2. The Balaban J connectivity index is 4.10. The Morgan fingerprint density at radius 3 is 2.18 bits per heavy atom. The first-order valence-electron chi connectivity index (χ1n) is 4.37. The van der Waals surface area contributed by atoms with Gasteiger partial charge < -0.3 is 20.0 Å². The average Bonchev–Trinajstić information content (AvgIpc) is 2.16.